The molecular formula is C20H27FIN5OS. The number of thioether (sulfide) groups is 1. The van der Waals surface area contributed by atoms with Gasteiger partial charge in [-0.1, -0.05) is 6.07 Å². The van der Waals surface area contributed by atoms with Crippen LogP contribution < -0.4 is 16.0 Å². The number of pyridine rings is 1. The average Bonchev–Trinajstić information content (AvgIpc) is 2.67. The topological polar surface area (TPSA) is 78.4 Å². The molecule has 1 amide bonds. The number of halogens is 2. The molecule has 0 radical (unpaired) electrons. The summed E-state index contributed by atoms with van der Waals surface area (Å²) < 4.78 is 12.9. The zero-order chi connectivity index (χ0) is 20.2. The predicted molar refractivity (Wildman–Crippen MR) is 129 cm³/mol. The highest BCUT2D eigenvalue weighted by Gasteiger charge is 2.04. The third kappa shape index (κ3) is 10.5. The van der Waals surface area contributed by atoms with Crippen LogP contribution in [0.15, 0.2) is 52.4 Å². The normalized spacial score (nSPS) is 10.8. The lowest BCUT2D eigenvalue weighted by Crippen LogP contribution is -2.39. The summed E-state index contributed by atoms with van der Waals surface area (Å²) in [6.45, 7) is 3.11. The highest BCUT2D eigenvalue weighted by molar-refractivity contribution is 14.0. The minimum Gasteiger partial charge on any atom is -0.356 e. The van der Waals surface area contributed by atoms with Gasteiger partial charge >= 0.3 is 0 Å². The van der Waals surface area contributed by atoms with Crippen LogP contribution in [0.2, 0.25) is 0 Å². The molecule has 0 saturated heterocycles. The first-order valence-electron chi connectivity index (χ1n) is 9.13. The maximum atomic E-state index is 12.9. The Kier molecular flexibility index (Phi) is 12.3. The number of amides is 1. The molecule has 0 bridgehead atoms. The van der Waals surface area contributed by atoms with Crippen LogP contribution in [-0.4, -0.2) is 42.7 Å². The van der Waals surface area contributed by atoms with E-state index in [0.29, 0.717) is 24.7 Å². The molecule has 0 aliphatic rings. The molecule has 0 aliphatic carbocycles. The molecule has 3 N–H and O–H groups in total. The molecule has 9 heteroatoms. The molecule has 0 unspecified atom stereocenters. The fraction of sp³-hybridized carbons (Fsp3) is 0.350. The van der Waals surface area contributed by atoms with Crippen molar-refractivity contribution in [3.05, 3.63) is 54.0 Å². The number of aliphatic imine (C=N–C) groups is 1. The van der Waals surface area contributed by atoms with Crippen molar-refractivity contribution in [1.29, 1.82) is 0 Å². The third-order valence-electron chi connectivity index (χ3n) is 3.72. The molecule has 1 heterocycles. The lowest BCUT2D eigenvalue weighted by Gasteiger charge is -2.12. The van der Waals surface area contributed by atoms with Crippen molar-refractivity contribution in [2.24, 2.45) is 4.99 Å². The first-order chi connectivity index (χ1) is 13.6. The number of aryl methyl sites for hydroxylation is 1. The Morgan fingerprint density at radius 2 is 1.86 bits per heavy atom. The van der Waals surface area contributed by atoms with Crippen LogP contribution in [-0.2, 0) is 4.79 Å². The Bertz CT molecular complexity index is 789. The molecule has 2 rings (SSSR count). The van der Waals surface area contributed by atoms with Gasteiger partial charge in [0.25, 0.3) is 0 Å². The molecule has 6 nitrogen and oxygen atoms in total. The minimum absolute atomic E-state index is 0. The second-order valence-corrected chi connectivity index (χ2v) is 7.21. The number of rotatable bonds is 9. The number of guanidine groups is 1. The van der Waals surface area contributed by atoms with E-state index in [1.165, 1.54) is 12.1 Å². The van der Waals surface area contributed by atoms with Gasteiger partial charge in [0.1, 0.15) is 11.6 Å². The van der Waals surface area contributed by atoms with Crippen molar-refractivity contribution in [1.82, 2.24) is 15.6 Å². The second-order valence-electron chi connectivity index (χ2n) is 6.04. The quantitative estimate of drug-likeness (QED) is 0.151. The van der Waals surface area contributed by atoms with E-state index in [1.54, 1.807) is 37.0 Å². The summed E-state index contributed by atoms with van der Waals surface area (Å²) >= 11 is 1.69. The molecule has 0 spiro atoms. The van der Waals surface area contributed by atoms with Crippen LogP contribution >= 0.6 is 35.7 Å². The van der Waals surface area contributed by atoms with E-state index in [1.807, 2.05) is 19.1 Å². The zero-order valence-corrected chi connectivity index (χ0v) is 19.7. The van der Waals surface area contributed by atoms with Gasteiger partial charge in [-0.15, -0.1) is 35.7 Å². The summed E-state index contributed by atoms with van der Waals surface area (Å²) in [4.78, 5) is 21.4. The van der Waals surface area contributed by atoms with Crippen LogP contribution in [0.3, 0.4) is 0 Å². The first-order valence-corrected chi connectivity index (χ1v) is 10.1. The lowest BCUT2D eigenvalue weighted by atomic mass is 10.3. The van der Waals surface area contributed by atoms with Crippen molar-refractivity contribution in [2.45, 2.75) is 24.7 Å². The van der Waals surface area contributed by atoms with Crippen LogP contribution in [0.25, 0.3) is 0 Å². The van der Waals surface area contributed by atoms with Gasteiger partial charge in [-0.3, -0.25) is 9.79 Å². The van der Waals surface area contributed by atoms with Gasteiger partial charge in [-0.05, 0) is 55.5 Å². The molecule has 29 heavy (non-hydrogen) atoms. The molecule has 0 aliphatic heterocycles. The Morgan fingerprint density at radius 1 is 1.14 bits per heavy atom. The number of nitrogens with zero attached hydrogens (tertiary/aromatic N) is 2. The van der Waals surface area contributed by atoms with E-state index < -0.39 is 0 Å². The van der Waals surface area contributed by atoms with Crippen LogP contribution in [0, 0.1) is 12.7 Å². The van der Waals surface area contributed by atoms with Gasteiger partial charge in [-0.2, -0.15) is 0 Å². The number of aromatic nitrogens is 1. The van der Waals surface area contributed by atoms with Crippen molar-refractivity contribution in [3.63, 3.8) is 0 Å². The molecular weight excluding hydrogens is 504 g/mol. The SMILES string of the molecule is CN=C(NCCCSc1ccc(F)cc1)NCCC(=O)Nc1cccc(C)n1.I. The highest BCUT2D eigenvalue weighted by atomic mass is 127. The highest BCUT2D eigenvalue weighted by Crippen LogP contribution is 2.18. The zero-order valence-electron chi connectivity index (χ0n) is 16.6. The number of anilines is 1. The molecule has 1 aromatic carbocycles. The average molecular weight is 531 g/mol. The molecule has 158 valence electrons. The maximum Gasteiger partial charge on any atom is 0.227 e. The van der Waals surface area contributed by atoms with Gasteiger partial charge in [0.2, 0.25) is 5.91 Å². The molecule has 2 aromatic rings. The lowest BCUT2D eigenvalue weighted by molar-refractivity contribution is -0.116. The Labute approximate surface area is 192 Å². The standard InChI is InChI=1S/C20H26FN5OS.HI/c1-15-5-3-6-18(25-15)26-19(27)11-13-24-20(22-2)23-12-4-14-28-17-9-7-16(21)8-10-17;/h3,5-10H,4,11-14H2,1-2H3,(H2,22,23,24)(H,25,26,27);1H. The smallest absolute Gasteiger partial charge is 0.227 e. The minimum atomic E-state index is -0.218. The molecule has 1 aromatic heterocycles. The van der Waals surface area contributed by atoms with Gasteiger partial charge in [0.05, 0.1) is 0 Å². The summed E-state index contributed by atoms with van der Waals surface area (Å²) in [5.74, 6) is 1.82. The van der Waals surface area contributed by atoms with Gasteiger partial charge in [0, 0.05) is 37.1 Å². The van der Waals surface area contributed by atoms with Crippen LogP contribution in [0.5, 0.6) is 0 Å². The summed E-state index contributed by atoms with van der Waals surface area (Å²) in [6.07, 6.45) is 1.25. The molecule has 0 saturated carbocycles. The fourth-order valence-electron chi connectivity index (χ4n) is 2.33. The van der Waals surface area contributed by atoms with Crippen molar-refractivity contribution in [2.75, 3.05) is 31.2 Å². The number of hydrogen-bond acceptors (Lipinski definition) is 4. The van der Waals surface area contributed by atoms with E-state index in [-0.39, 0.29) is 35.7 Å². The van der Waals surface area contributed by atoms with Crippen molar-refractivity contribution < 1.29 is 9.18 Å². The summed E-state index contributed by atoms with van der Waals surface area (Å²) in [7, 11) is 1.69. The van der Waals surface area contributed by atoms with E-state index >= 15 is 0 Å². The second kappa shape index (κ2) is 14.2. The number of carbonyl (C=O) groups is 1. The van der Waals surface area contributed by atoms with Crippen molar-refractivity contribution in [3.8, 4) is 0 Å². The number of benzene rings is 1. The summed E-state index contributed by atoms with van der Waals surface area (Å²) in [5.41, 5.74) is 0.859. The van der Waals surface area contributed by atoms with Crippen LogP contribution in [0.1, 0.15) is 18.5 Å². The Morgan fingerprint density at radius 3 is 2.55 bits per heavy atom. The van der Waals surface area contributed by atoms with Crippen molar-refractivity contribution >= 4 is 53.4 Å². The van der Waals surface area contributed by atoms with E-state index in [0.717, 1.165) is 29.3 Å². The van der Waals surface area contributed by atoms with Gasteiger partial charge in [0.15, 0.2) is 5.96 Å². The summed E-state index contributed by atoms with van der Waals surface area (Å²) in [6, 6.07) is 12.0. The monoisotopic (exact) mass is 531 g/mol. The van der Waals surface area contributed by atoms with Gasteiger partial charge in [-0.25, -0.2) is 9.37 Å². The molecule has 0 atom stereocenters. The Balaban J connectivity index is 0.00000420. The van der Waals surface area contributed by atoms with Gasteiger partial charge < -0.3 is 16.0 Å². The van der Waals surface area contributed by atoms with E-state index in [4.69, 9.17) is 0 Å². The first kappa shape index (κ1) is 25.2. The summed E-state index contributed by atoms with van der Waals surface area (Å²) in [5, 5.41) is 9.12. The van der Waals surface area contributed by atoms with E-state index in [9.17, 15) is 9.18 Å². The largest absolute Gasteiger partial charge is 0.356 e. The third-order valence-corrected chi connectivity index (χ3v) is 4.82. The van der Waals surface area contributed by atoms with Crippen LogP contribution in [0.4, 0.5) is 10.2 Å². The fourth-order valence-corrected chi connectivity index (χ4v) is 3.19. The molecule has 0 fully saturated rings. The Hall–Kier alpha value is -1.88. The number of nitrogens with one attached hydrogen (secondary N) is 3. The number of hydrogen-bond donors (Lipinski definition) is 3. The van der Waals surface area contributed by atoms with E-state index in [2.05, 4.69) is 25.9 Å². The number of carbonyl (C=O) groups excluding carboxylic acids is 1. The maximum absolute atomic E-state index is 12.9. The predicted octanol–water partition coefficient (Wildman–Crippen LogP) is 3.82.